The van der Waals surface area contributed by atoms with E-state index in [0.717, 1.165) is 11.3 Å². The van der Waals surface area contributed by atoms with Gasteiger partial charge in [-0.2, -0.15) is 0 Å². The van der Waals surface area contributed by atoms with Gasteiger partial charge in [0.15, 0.2) is 5.78 Å². The number of thiophene rings is 1. The van der Waals surface area contributed by atoms with E-state index in [1.807, 2.05) is 19.9 Å². The van der Waals surface area contributed by atoms with Crippen LogP contribution in [0.4, 0.5) is 0 Å². The molecule has 1 N–H and O–H groups in total. The Morgan fingerprint density at radius 3 is 2.85 bits per heavy atom. The molecule has 2 nitrogen and oxygen atoms in total. The number of aliphatic hydroxyl groups excluding tert-OH is 1. The molecule has 0 saturated carbocycles. The van der Waals surface area contributed by atoms with E-state index in [2.05, 4.69) is 0 Å². The Hall–Kier alpha value is -0.670. The molecule has 3 heteroatoms. The average Bonchev–Trinajstić information content (AvgIpc) is 2.51. The van der Waals surface area contributed by atoms with Crippen LogP contribution in [-0.2, 0) is 0 Å². The molecule has 1 aromatic rings. The molecular weight excluding hydrogens is 184 g/mol. The summed E-state index contributed by atoms with van der Waals surface area (Å²) < 4.78 is 0. The van der Waals surface area contributed by atoms with Crippen molar-refractivity contribution in [2.75, 3.05) is 0 Å². The Balaban J connectivity index is 2.67. The van der Waals surface area contributed by atoms with Crippen LogP contribution in [0.15, 0.2) is 11.4 Å². The number of aliphatic hydroxyl groups is 1. The van der Waals surface area contributed by atoms with Gasteiger partial charge in [0.2, 0.25) is 0 Å². The molecule has 0 radical (unpaired) electrons. The molecule has 0 aromatic carbocycles. The fraction of sp³-hybridized carbons (Fsp3) is 0.500. The lowest BCUT2D eigenvalue weighted by Crippen LogP contribution is -2.19. The maximum absolute atomic E-state index is 11.5. The molecular formula is C10H14O2S. The van der Waals surface area contributed by atoms with E-state index >= 15 is 0 Å². The Morgan fingerprint density at radius 1 is 1.69 bits per heavy atom. The second-order valence-corrected chi connectivity index (χ2v) is 4.23. The molecule has 0 aliphatic heterocycles. The minimum absolute atomic E-state index is 0.147. The molecule has 0 spiro atoms. The summed E-state index contributed by atoms with van der Waals surface area (Å²) in [5.41, 5.74) is 0.642. The van der Waals surface area contributed by atoms with Crippen molar-refractivity contribution >= 4 is 17.1 Å². The summed E-state index contributed by atoms with van der Waals surface area (Å²) in [5.74, 6) is -0.147. The van der Waals surface area contributed by atoms with Gasteiger partial charge >= 0.3 is 0 Å². The largest absolute Gasteiger partial charge is 0.385 e. The normalized spacial score (nSPS) is 12.8. The summed E-state index contributed by atoms with van der Waals surface area (Å²) >= 11 is 1.54. The van der Waals surface area contributed by atoms with E-state index in [1.165, 1.54) is 11.3 Å². The molecule has 1 unspecified atom stereocenters. The van der Waals surface area contributed by atoms with Crippen LogP contribution in [-0.4, -0.2) is 17.0 Å². The van der Waals surface area contributed by atoms with E-state index in [9.17, 15) is 9.90 Å². The monoisotopic (exact) mass is 198 g/mol. The molecule has 1 heterocycles. The maximum Gasteiger partial charge on any atom is 0.192 e. The van der Waals surface area contributed by atoms with Crippen molar-refractivity contribution in [1.82, 2.24) is 0 Å². The first kappa shape index (κ1) is 10.4. The number of carbonyl (C=O) groups is 1. The number of hydrogen-bond donors (Lipinski definition) is 1. The fourth-order valence-electron chi connectivity index (χ4n) is 1.17. The lowest BCUT2D eigenvalue weighted by atomic mass is 10.1. The zero-order valence-electron chi connectivity index (χ0n) is 7.91. The topological polar surface area (TPSA) is 37.3 Å². The second kappa shape index (κ2) is 4.53. The summed E-state index contributed by atoms with van der Waals surface area (Å²) in [6.45, 7) is 3.91. The smallest absolute Gasteiger partial charge is 0.192 e. The van der Waals surface area contributed by atoms with Crippen molar-refractivity contribution in [2.24, 2.45) is 0 Å². The van der Waals surface area contributed by atoms with Crippen LogP contribution < -0.4 is 0 Å². The van der Waals surface area contributed by atoms with Gasteiger partial charge in [0.05, 0.1) is 0 Å². The second-order valence-electron chi connectivity index (χ2n) is 3.11. The van der Waals surface area contributed by atoms with Gasteiger partial charge in [0, 0.05) is 15.8 Å². The first-order valence-corrected chi connectivity index (χ1v) is 5.30. The third kappa shape index (κ3) is 2.64. The molecule has 13 heavy (non-hydrogen) atoms. The van der Waals surface area contributed by atoms with E-state index in [4.69, 9.17) is 0 Å². The van der Waals surface area contributed by atoms with E-state index < -0.39 is 6.10 Å². The van der Waals surface area contributed by atoms with Gasteiger partial charge < -0.3 is 5.11 Å². The predicted molar refractivity (Wildman–Crippen MR) is 54.3 cm³/mol. The molecule has 1 aromatic heterocycles. The first-order chi connectivity index (χ1) is 6.15. The molecule has 0 bridgehead atoms. The number of hydrogen-bond acceptors (Lipinski definition) is 3. The van der Waals surface area contributed by atoms with Crippen LogP contribution in [0.1, 0.15) is 35.0 Å². The van der Waals surface area contributed by atoms with Crippen molar-refractivity contribution in [3.63, 3.8) is 0 Å². The number of ketones is 1. The van der Waals surface area contributed by atoms with Crippen LogP contribution in [0.5, 0.6) is 0 Å². The Morgan fingerprint density at radius 2 is 2.38 bits per heavy atom. The number of Topliss-reactive ketones (excluding diaryl/α,β-unsaturated/α-hetero) is 1. The summed E-state index contributed by atoms with van der Waals surface area (Å²) in [6, 6.07) is 1.83. The molecule has 1 atom stereocenters. The van der Waals surface area contributed by atoms with E-state index in [1.54, 1.807) is 5.38 Å². The molecule has 1 rings (SSSR count). The van der Waals surface area contributed by atoms with Gasteiger partial charge in [0.1, 0.15) is 6.10 Å². The molecule has 0 aliphatic rings. The summed E-state index contributed by atoms with van der Waals surface area (Å²) in [5, 5.41) is 11.2. The van der Waals surface area contributed by atoms with Crippen LogP contribution in [0, 0.1) is 6.92 Å². The zero-order valence-corrected chi connectivity index (χ0v) is 8.73. The summed E-state index contributed by atoms with van der Waals surface area (Å²) in [6.07, 6.45) is 0.558. The number of carbonyl (C=O) groups excluding carboxylic acids is 1. The Bertz CT molecular complexity index is 291. The highest BCUT2D eigenvalue weighted by Gasteiger charge is 2.16. The van der Waals surface area contributed by atoms with Crippen molar-refractivity contribution in [3.8, 4) is 0 Å². The highest BCUT2D eigenvalue weighted by Crippen LogP contribution is 2.16. The number of aryl methyl sites for hydroxylation is 1. The third-order valence-electron chi connectivity index (χ3n) is 1.88. The maximum atomic E-state index is 11.5. The van der Waals surface area contributed by atoms with Crippen molar-refractivity contribution in [3.05, 3.63) is 21.9 Å². The SMILES string of the molecule is CCCC(O)C(=O)c1csc(C)c1. The van der Waals surface area contributed by atoms with Gasteiger partial charge in [-0.1, -0.05) is 13.3 Å². The highest BCUT2D eigenvalue weighted by atomic mass is 32.1. The van der Waals surface area contributed by atoms with Crippen LogP contribution >= 0.6 is 11.3 Å². The quantitative estimate of drug-likeness (QED) is 0.754. The Labute approximate surface area is 82.2 Å². The molecule has 0 amide bonds. The van der Waals surface area contributed by atoms with Gasteiger partial charge in [-0.05, 0) is 19.4 Å². The van der Waals surface area contributed by atoms with Gasteiger partial charge in [-0.15, -0.1) is 11.3 Å². The molecule has 0 aliphatic carbocycles. The summed E-state index contributed by atoms with van der Waals surface area (Å²) in [7, 11) is 0. The minimum atomic E-state index is -0.820. The highest BCUT2D eigenvalue weighted by molar-refractivity contribution is 7.10. The predicted octanol–water partition coefficient (Wildman–Crippen LogP) is 2.40. The first-order valence-electron chi connectivity index (χ1n) is 4.42. The van der Waals surface area contributed by atoms with Crippen LogP contribution in [0.2, 0.25) is 0 Å². The van der Waals surface area contributed by atoms with Crippen molar-refractivity contribution in [1.29, 1.82) is 0 Å². The van der Waals surface area contributed by atoms with Gasteiger partial charge in [-0.3, -0.25) is 4.79 Å². The van der Waals surface area contributed by atoms with Crippen LogP contribution in [0.3, 0.4) is 0 Å². The fourth-order valence-corrected chi connectivity index (χ4v) is 1.86. The zero-order chi connectivity index (χ0) is 9.84. The van der Waals surface area contributed by atoms with E-state index in [-0.39, 0.29) is 5.78 Å². The average molecular weight is 198 g/mol. The van der Waals surface area contributed by atoms with Gasteiger partial charge in [0.25, 0.3) is 0 Å². The lowest BCUT2D eigenvalue weighted by molar-refractivity contribution is 0.0730. The Kier molecular flexibility index (Phi) is 3.63. The standard InChI is InChI=1S/C10H14O2S/c1-3-4-9(11)10(12)8-5-7(2)13-6-8/h5-6,9,11H,3-4H2,1-2H3. The van der Waals surface area contributed by atoms with Crippen LogP contribution in [0.25, 0.3) is 0 Å². The lowest BCUT2D eigenvalue weighted by Gasteiger charge is -2.05. The summed E-state index contributed by atoms with van der Waals surface area (Å²) in [4.78, 5) is 12.6. The van der Waals surface area contributed by atoms with Gasteiger partial charge in [-0.25, -0.2) is 0 Å². The minimum Gasteiger partial charge on any atom is -0.385 e. The molecule has 72 valence electrons. The molecule has 0 saturated heterocycles. The van der Waals surface area contributed by atoms with E-state index in [0.29, 0.717) is 12.0 Å². The third-order valence-corrected chi connectivity index (χ3v) is 2.74. The van der Waals surface area contributed by atoms with Crippen molar-refractivity contribution in [2.45, 2.75) is 32.8 Å². The van der Waals surface area contributed by atoms with Crippen molar-refractivity contribution < 1.29 is 9.90 Å². The molecule has 0 fully saturated rings. The number of rotatable bonds is 4.